The molecule has 0 saturated heterocycles. The monoisotopic (exact) mass is 291 g/mol. The van der Waals surface area contributed by atoms with Gasteiger partial charge in [0.25, 0.3) is 0 Å². The molecule has 4 nitrogen and oxygen atoms in total. The number of thiazole rings is 1. The molecule has 0 spiro atoms. The van der Waals surface area contributed by atoms with Crippen molar-refractivity contribution >= 4 is 17.2 Å². The summed E-state index contributed by atoms with van der Waals surface area (Å²) in [6.45, 7) is 7.51. The molecule has 5 heteroatoms. The SMILES string of the molecule is CCOC(C)c1nc(CN(C)c2cccc(C)n2)cs1. The van der Waals surface area contributed by atoms with Crippen molar-refractivity contribution < 1.29 is 4.74 Å². The van der Waals surface area contributed by atoms with E-state index in [-0.39, 0.29) is 6.10 Å². The Bertz CT molecular complexity index is 556. The molecule has 0 bridgehead atoms. The number of nitrogens with zero attached hydrogens (tertiary/aromatic N) is 3. The predicted octanol–water partition coefficient (Wildman–Crippen LogP) is 3.58. The first-order chi connectivity index (χ1) is 9.60. The molecule has 2 aromatic rings. The molecule has 0 aliphatic heterocycles. The third-order valence-electron chi connectivity index (χ3n) is 3.00. The summed E-state index contributed by atoms with van der Waals surface area (Å²) in [5, 5.41) is 3.13. The van der Waals surface area contributed by atoms with Gasteiger partial charge in [0.1, 0.15) is 16.9 Å². The number of rotatable bonds is 6. The van der Waals surface area contributed by atoms with Gasteiger partial charge in [-0.25, -0.2) is 9.97 Å². The molecule has 2 aromatic heterocycles. The van der Waals surface area contributed by atoms with Crippen LogP contribution in [0.25, 0.3) is 0 Å². The number of hydrogen-bond donors (Lipinski definition) is 0. The third-order valence-corrected chi connectivity index (χ3v) is 4.05. The number of pyridine rings is 1. The van der Waals surface area contributed by atoms with Gasteiger partial charge in [-0.3, -0.25) is 0 Å². The van der Waals surface area contributed by atoms with Crippen LogP contribution >= 0.6 is 11.3 Å². The lowest BCUT2D eigenvalue weighted by Crippen LogP contribution is -2.18. The first-order valence-corrected chi connectivity index (χ1v) is 7.68. The second-order valence-electron chi connectivity index (χ2n) is 4.77. The second kappa shape index (κ2) is 6.81. The fourth-order valence-corrected chi connectivity index (χ4v) is 2.78. The summed E-state index contributed by atoms with van der Waals surface area (Å²) >= 11 is 1.65. The number of anilines is 1. The molecular weight excluding hydrogens is 270 g/mol. The van der Waals surface area contributed by atoms with Crippen molar-refractivity contribution in [2.75, 3.05) is 18.6 Å². The minimum Gasteiger partial charge on any atom is -0.372 e. The molecule has 0 fully saturated rings. The highest BCUT2D eigenvalue weighted by Gasteiger charge is 2.12. The van der Waals surface area contributed by atoms with Crippen molar-refractivity contribution in [3.05, 3.63) is 40.0 Å². The van der Waals surface area contributed by atoms with E-state index in [4.69, 9.17) is 4.74 Å². The molecule has 0 saturated carbocycles. The molecule has 0 N–H and O–H groups in total. The van der Waals surface area contributed by atoms with Gasteiger partial charge in [-0.1, -0.05) is 6.07 Å². The van der Waals surface area contributed by atoms with Gasteiger partial charge < -0.3 is 9.64 Å². The molecule has 2 rings (SSSR count). The van der Waals surface area contributed by atoms with E-state index < -0.39 is 0 Å². The van der Waals surface area contributed by atoms with Gasteiger partial charge in [0.15, 0.2) is 0 Å². The molecule has 108 valence electrons. The standard InChI is InChI=1S/C15H21N3OS/c1-5-19-12(3)15-17-13(10-20-15)9-18(4)14-8-6-7-11(2)16-14/h6-8,10,12H,5,9H2,1-4H3. The van der Waals surface area contributed by atoms with Crippen LogP contribution in [0.3, 0.4) is 0 Å². The predicted molar refractivity (Wildman–Crippen MR) is 83.2 cm³/mol. The van der Waals surface area contributed by atoms with E-state index in [1.54, 1.807) is 11.3 Å². The molecule has 20 heavy (non-hydrogen) atoms. The van der Waals surface area contributed by atoms with Gasteiger partial charge in [0.2, 0.25) is 0 Å². The van der Waals surface area contributed by atoms with E-state index in [0.717, 1.165) is 28.8 Å². The van der Waals surface area contributed by atoms with Crippen LogP contribution in [0.15, 0.2) is 23.6 Å². The molecule has 0 aliphatic carbocycles. The molecule has 0 radical (unpaired) electrons. The second-order valence-corrected chi connectivity index (χ2v) is 5.66. The smallest absolute Gasteiger partial charge is 0.128 e. The Labute approximate surface area is 124 Å². The average molecular weight is 291 g/mol. The number of aryl methyl sites for hydroxylation is 1. The van der Waals surface area contributed by atoms with Crippen LogP contribution < -0.4 is 4.90 Å². The van der Waals surface area contributed by atoms with Gasteiger partial charge in [-0.2, -0.15) is 0 Å². The molecule has 2 heterocycles. The maximum Gasteiger partial charge on any atom is 0.128 e. The number of hydrogen-bond acceptors (Lipinski definition) is 5. The van der Waals surface area contributed by atoms with E-state index in [2.05, 4.69) is 20.2 Å². The van der Waals surface area contributed by atoms with E-state index in [9.17, 15) is 0 Å². The Kier molecular flexibility index (Phi) is 5.09. The summed E-state index contributed by atoms with van der Waals surface area (Å²) in [7, 11) is 2.03. The van der Waals surface area contributed by atoms with Gasteiger partial charge in [-0.15, -0.1) is 11.3 Å². The normalized spacial score (nSPS) is 12.4. The van der Waals surface area contributed by atoms with E-state index >= 15 is 0 Å². The summed E-state index contributed by atoms with van der Waals surface area (Å²) in [6.07, 6.45) is 0.0705. The highest BCUT2D eigenvalue weighted by Crippen LogP contribution is 2.22. The van der Waals surface area contributed by atoms with Crippen LogP contribution in [0.4, 0.5) is 5.82 Å². The summed E-state index contributed by atoms with van der Waals surface area (Å²) in [4.78, 5) is 11.3. The Hall–Kier alpha value is -1.46. The molecule has 0 aromatic carbocycles. The maximum atomic E-state index is 5.57. The fourth-order valence-electron chi connectivity index (χ4n) is 1.97. The van der Waals surface area contributed by atoms with Crippen molar-refractivity contribution in [2.24, 2.45) is 0 Å². The van der Waals surface area contributed by atoms with Gasteiger partial charge in [-0.05, 0) is 32.9 Å². The molecular formula is C15H21N3OS. The van der Waals surface area contributed by atoms with Crippen LogP contribution in [0.5, 0.6) is 0 Å². The fraction of sp³-hybridized carbons (Fsp3) is 0.467. The van der Waals surface area contributed by atoms with Crippen molar-refractivity contribution in [1.82, 2.24) is 9.97 Å². The molecule has 0 amide bonds. The zero-order valence-corrected chi connectivity index (χ0v) is 13.3. The lowest BCUT2D eigenvalue weighted by molar-refractivity contribution is 0.0761. The van der Waals surface area contributed by atoms with Crippen molar-refractivity contribution in [3.63, 3.8) is 0 Å². The Morgan fingerprint density at radius 1 is 1.35 bits per heavy atom. The maximum absolute atomic E-state index is 5.57. The first kappa shape index (κ1) is 14.9. The Balaban J connectivity index is 2.03. The van der Waals surface area contributed by atoms with Crippen LogP contribution in [-0.4, -0.2) is 23.6 Å². The first-order valence-electron chi connectivity index (χ1n) is 6.81. The highest BCUT2D eigenvalue weighted by molar-refractivity contribution is 7.09. The molecule has 1 atom stereocenters. The van der Waals surface area contributed by atoms with Crippen molar-refractivity contribution in [1.29, 1.82) is 0 Å². The van der Waals surface area contributed by atoms with Crippen LogP contribution in [0.1, 0.15) is 36.3 Å². The van der Waals surface area contributed by atoms with Crippen LogP contribution in [-0.2, 0) is 11.3 Å². The zero-order chi connectivity index (χ0) is 14.5. The van der Waals surface area contributed by atoms with E-state index in [0.29, 0.717) is 6.61 Å². The van der Waals surface area contributed by atoms with Crippen molar-refractivity contribution in [3.8, 4) is 0 Å². The summed E-state index contributed by atoms with van der Waals surface area (Å²) in [5.41, 5.74) is 2.08. The highest BCUT2D eigenvalue weighted by atomic mass is 32.1. The number of aromatic nitrogens is 2. The van der Waals surface area contributed by atoms with E-state index in [1.807, 2.05) is 46.0 Å². The van der Waals surface area contributed by atoms with Crippen LogP contribution in [0.2, 0.25) is 0 Å². The zero-order valence-electron chi connectivity index (χ0n) is 12.5. The minimum atomic E-state index is 0.0705. The Morgan fingerprint density at radius 3 is 2.85 bits per heavy atom. The molecule has 1 unspecified atom stereocenters. The summed E-state index contributed by atoms with van der Waals surface area (Å²) in [6, 6.07) is 6.04. The van der Waals surface area contributed by atoms with Gasteiger partial charge in [0, 0.05) is 24.7 Å². The van der Waals surface area contributed by atoms with E-state index in [1.165, 1.54) is 0 Å². The summed E-state index contributed by atoms with van der Waals surface area (Å²) < 4.78 is 5.57. The topological polar surface area (TPSA) is 38.2 Å². The average Bonchev–Trinajstić information content (AvgIpc) is 2.87. The van der Waals surface area contributed by atoms with Gasteiger partial charge in [0.05, 0.1) is 12.2 Å². The largest absolute Gasteiger partial charge is 0.372 e. The van der Waals surface area contributed by atoms with Gasteiger partial charge >= 0.3 is 0 Å². The summed E-state index contributed by atoms with van der Waals surface area (Å²) in [5.74, 6) is 0.970. The third kappa shape index (κ3) is 3.77. The molecule has 0 aliphatic rings. The Morgan fingerprint density at radius 2 is 2.15 bits per heavy atom. The van der Waals surface area contributed by atoms with Crippen molar-refractivity contribution in [2.45, 2.75) is 33.4 Å². The lowest BCUT2D eigenvalue weighted by atomic mass is 10.3. The lowest BCUT2D eigenvalue weighted by Gasteiger charge is -2.17. The minimum absolute atomic E-state index is 0.0705. The van der Waals surface area contributed by atoms with Crippen LogP contribution in [0, 0.1) is 6.92 Å². The quantitative estimate of drug-likeness (QED) is 0.815. The number of ether oxygens (including phenoxy) is 1.